The molecule has 1 N–H and O–H groups in total. The van der Waals surface area contributed by atoms with Gasteiger partial charge in [0.15, 0.2) is 5.76 Å². The van der Waals surface area contributed by atoms with Gasteiger partial charge in [-0.05, 0) is 18.6 Å². The van der Waals surface area contributed by atoms with Crippen LogP contribution in [-0.4, -0.2) is 17.3 Å². The Morgan fingerprint density at radius 1 is 1.47 bits per heavy atom. The van der Waals surface area contributed by atoms with Gasteiger partial charge in [0.25, 0.3) is 5.91 Å². The van der Waals surface area contributed by atoms with Crippen LogP contribution in [0.15, 0.2) is 34.7 Å². The number of nitrogens with one attached hydrogen (secondary N) is 1. The number of para-hydroxylation sites is 1. The van der Waals surface area contributed by atoms with Crippen molar-refractivity contribution >= 4 is 32.8 Å². The van der Waals surface area contributed by atoms with Crippen LogP contribution in [0.25, 0.3) is 11.0 Å². The van der Waals surface area contributed by atoms with Crippen molar-refractivity contribution < 1.29 is 9.21 Å². The van der Waals surface area contributed by atoms with Gasteiger partial charge in [0.2, 0.25) is 0 Å². The van der Waals surface area contributed by atoms with Crippen LogP contribution >= 0.6 is 15.9 Å². The van der Waals surface area contributed by atoms with Gasteiger partial charge in [0.1, 0.15) is 5.58 Å². The van der Waals surface area contributed by atoms with Gasteiger partial charge in [-0.2, -0.15) is 0 Å². The zero-order valence-corrected chi connectivity index (χ0v) is 11.2. The fraction of sp³-hybridized carbons (Fsp3) is 0.308. The highest BCUT2D eigenvalue weighted by Crippen LogP contribution is 2.18. The summed E-state index contributed by atoms with van der Waals surface area (Å²) in [5.41, 5.74) is 0.739. The van der Waals surface area contributed by atoms with Crippen LogP contribution in [-0.2, 0) is 0 Å². The summed E-state index contributed by atoms with van der Waals surface area (Å²) in [5.74, 6) is 0.195. The third-order valence-electron chi connectivity index (χ3n) is 2.58. The van der Waals surface area contributed by atoms with Gasteiger partial charge in [0, 0.05) is 16.8 Å². The zero-order chi connectivity index (χ0) is 12.3. The molecule has 17 heavy (non-hydrogen) atoms. The van der Waals surface area contributed by atoms with Crippen molar-refractivity contribution in [3.63, 3.8) is 0 Å². The lowest BCUT2D eigenvalue weighted by Gasteiger charge is -2.06. The van der Waals surface area contributed by atoms with Crippen molar-refractivity contribution in [3.05, 3.63) is 36.1 Å². The largest absolute Gasteiger partial charge is 0.451 e. The summed E-state index contributed by atoms with van der Waals surface area (Å²) in [7, 11) is 0. The van der Waals surface area contributed by atoms with Gasteiger partial charge in [-0.15, -0.1) is 0 Å². The van der Waals surface area contributed by atoms with E-state index in [-0.39, 0.29) is 5.91 Å². The Balaban J connectivity index is 2.08. The molecule has 3 nitrogen and oxygen atoms in total. The first-order valence-corrected chi connectivity index (χ1v) is 6.53. The van der Waals surface area contributed by atoms with Gasteiger partial charge in [-0.1, -0.05) is 41.1 Å². The van der Waals surface area contributed by atoms with Gasteiger partial charge < -0.3 is 9.73 Å². The Kier molecular flexibility index (Phi) is 3.84. The third-order valence-corrected chi connectivity index (χ3v) is 3.55. The van der Waals surface area contributed by atoms with E-state index >= 15 is 0 Å². The molecule has 0 aliphatic heterocycles. The standard InChI is InChI=1S/C13H14BrNO2/c1-2-10(14)8-15-13(16)12-7-9-5-3-4-6-11(9)17-12/h3-7,10H,2,8H2,1H3,(H,15,16). The highest BCUT2D eigenvalue weighted by molar-refractivity contribution is 9.09. The van der Waals surface area contributed by atoms with E-state index < -0.39 is 0 Å². The molecule has 0 saturated carbocycles. The van der Waals surface area contributed by atoms with Gasteiger partial charge in [-0.25, -0.2) is 0 Å². The van der Waals surface area contributed by atoms with E-state index in [0.29, 0.717) is 17.1 Å². The molecule has 1 heterocycles. The number of carbonyl (C=O) groups is 1. The number of fused-ring (bicyclic) bond motifs is 1. The molecule has 0 radical (unpaired) electrons. The second-order valence-corrected chi connectivity index (χ2v) is 5.16. The second-order valence-electron chi connectivity index (χ2n) is 3.86. The molecule has 90 valence electrons. The fourth-order valence-corrected chi connectivity index (χ4v) is 1.69. The number of furan rings is 1. The molecular formula is C13H14BrNO2. The van der Waals surface area contributed by atoms with Crippen molar-refractivity contribution in [2.75, 3.05) is 6.54 Å². The summed E-state index contributed by atoms with van der Waals surface area (Å²) in [6.45, 7) is 2.67. The van der Waals surface area contributed by atoms with E-state index in [0.717, 1.165) is 17.4 Å². The van der Waals surface area contributed by atoms with Crippen LogP contribution in [0.1, 0.15) is 23.9 Å². The molecule has 2 rings (SSSR count). The lowest BCUT2D eigenvalue weighted by molar-refractivity contribution is 0.0928. The Morgan fingerprint density at radius 2 is 2.24 bits per heavy atom. The SMILES string of the molecule is CCC(Br)CNC(=O)c1cc2ccccc2o1. The molecule has 1 aromatic carbocycles. The molecule has 1 unspecified atom stereocenters. The first kappa shape index (κ1) is 12.2. The molecule has 4 heteroatoms. The third kappa shape index (κ3) is 2.88. The molecular weight excluding hydrogens is 282 g/mol. The highest BCUT2D eigenvalue weighted by atomic mass is 79.9. The summed E-state index contributed by atoms with van der Waals surface area (Å²) in [4.78, 5) is 12.1. The van der Waals surface area contributed by atoms with Crippen LogP contribution in [0.5, 0.6) is 0 Å². The van der Waals surface area contributed by atoms with Gasteiger partial charge in [0.05, 0.1) is 0 Å². The van der Waals surface area contributed by atoms with Crippen LogP contribution in [0.2, 0.25) is 0 Å². The van der Waals surface area contributed by atoms with E-state index in [1.807, 2.05) is 24.3 Å². The van der Waals surface area contributed by atoms with E-state index in [4.69, 9.17) is 4.42 Å². The number of amides is 1. The summed E-state index contributed by atoms with van der Waals surface area (Å²) >= 11 is 3.47. The smallest absolute Gasteiger partial charge is 0.287 e. The molecule has 2 aromatic rings. The lowest BCUT2D eigenvalue weighted by atomic mass is 10.2. The Hall–Kier alpha value is -1.29. The maximum Gasteiger partial charge on any atom is 0.287 e. The predicted molar refractivity (Wildman–Crippen MR) is 71.6 cm³/mol. The van der Waals surface area contributed by atoms with Crippen molar-refractivity contribution in [3.8, 4) is 0 Å². The molecule has 0 spiro atoms. The Bertz CT molecular complexity index is 488. The highest BCUT2D eigenvalue weighted by Gasteiger charge is 2.12. The fourth-order valence-electron chi connectivity index (χ4n) is 1.53. The topological polar surface area (TPSA) is 42.2 Å². The Morgan fingerprint density at radius 3 is 2.94 bits per heavy atom. The molecule has 1 amide bonds. The molecule has 0 bridgehead atoms. The quantitative estimate of drug-likeness (QED) is 0.879. The van der Waals surface area contributed by atoms with Gasteiger partial charge in [-0.3, -0.25) is 4.79 Å². The Labute approximate surface area is 108 Å². The van der Waals surface area contributed by atoms with E-state index in [1.165, 1.54) is 0 Å². The minimum absolute atomic E-state index is 0.167. The minimum Gasteiger partial charge on any atom is -0.451 e. The number of carbonyl (C=O) groups excluding carboxylic acids is 1. The van der Waals surface area contributed by atoms with Crippen molar-refractivity contribution in [1.29, 1.82) is 0 Å². The number of rotatable bonds is 4. The number of alkyl halides is 1. The molecule has 0 aliphatic carbocycles. The summed E-state index contributed by atoms with van der Waals surface area (Å²) in [6.07, 6.45) is 0.973. The first-order chi connectivity index (χ1) is 8.20. The van der Waals surface area contributed by atoms with Crippen molar-refractivity contribution in [1.82, 2.24) is 5.32 Å². The number of hydrogen-bond donors (Lipinski definition) is 1. The maximum absolute atomic E-state index is 11.8. The number of hydrogen-bond acceptors (Lipinski definition) is 2. The zero-order valence-electron chi connectivity index (χ0n) is 9.57. The summed E-state index contributed by atoms with van der Waals surface area (Å²) in [5, 5.41) is 3.78. The van der Waals surface area contributed by atoms with Gasteiger partial charge >= 0.3 is 0 Å². The average molecular weight is 296 g/mol. The van der Waals surface area contributed by atoms with Crippen molar-refractivity contribution in [2.45, 2.75) is 18.2 Å². The number of halogens is 1. The molecule has 1 aromatic heterocycles. The lowest BCUT2D eigenvalue weighted by Crippen LogP contribution is -2.28. The molecule has 1 atom stereocenters. The summed E-state index contributed by atoms with van der Waals surface area (Å²) in [6, 6.07) is 9.35. The van der Waals surface area contributed by atoms with E-state index in [2.05, 4.69) is 28.2 Å². The summed E-state index contributed by atoms with van der Waals surface area (Å²) < 4.78 is 5.47. The predicted octanol–water partition coefficient (Wildman–Crippen LogP) is 3.34. The van der Waals surface area contributed by atoms with Crippen LogP contribution in [0, 0.1) is 0 Å². The normalized spacial score (nSPS) is 12.6. The first-order valence-electron chi connectivity index (χ1n) is 5.61. The number of benzene rings is 1. The molecule has 0 saturated heterocycles. The van der Waals surface area contributed by atoms with E-state index in [9.17, 15) is 4.79 Å². The second kappa shape index (κ2) is 5.36. The monoisotopic (exact) mass is 295 g/mol. The van der Waals surface area contributed by atoms with Crippen LogP contribution < -0.4 is 5.32 Å². The van der Waals surface area contributed by atoms with E-state index in [1.54, 1.807) is 6.07 Å². The molecule has 0 fully saturated rings. The van der Waals surface area contributed by atoms with Crippen molar-refractivity contribution in [2.24, 2.45) is 0 Å². The molecule has 0 aliphatic rings. The maximum atomic E-state index is 11.8. The average Bonchev–Trinajstić information content (AvgIpc) is 2.79. The van der Waals surface area contributed by atoms with Crippen LogP contribution in [0.3, 0.4) is 0 Å². The van der Waals surface area contributed by atoms with Crippen LogP contribution in [0.4, 0.5) is 0 Å². The minimum atomic E-state index is -0.167.